The van der Waals surface area contributed by atoms with Gasteiger partial charge < -0.3 is 20.3 Å². The van der Waals surface area contributed by atoms with E-state index in [9.17, 15) is 18.0 Å². The second-order valence-electron chi connectivity index (χ2n) is 9.38. The highest BCUT2D eigenvalue weighted by atomic mass is 35.5. The molecule has 3 rings (SSSR count). The minimum atomic E-state index is -4.52. The SMILES string of the molecule is CC[C@@H]1CC(N(Cc2cc(Cl)cc(C(F)(F)F)c2)c2ncc(N)cn2)C[C@H](CC)N1C(=O)OC(C)C. The van der Waals surface area contributed by atoms with Gasteiger partial charge in [-0.2, -0.15) is 13.2 Å². The number of piperidine rings is 1. The molecule has 1 saturated heterocycles. The number of anilines is 2. The van der Waals surface area contributed by atoms with E-state index in [4.69, 9.17) is 22.1 Å². The van der Waals surface area contributed by atoms with Gasteiger partial charge in [0.1, 0.15) is 0 Å². The Morgan fingerprint density at radius 1 is 1.17 bits per heavy atom. The van der Waals surface area contributed by atoms with E-state index < -0.39 is 11.7 Å². The molecule has 1 aromatic carbocycles. The van der Waals surface area contributed by atoms with Crippen LogP contribution in [0.2, 0.25) is 5.02 Å². The summed E-state index contributed by atoms with van der Waals surface area (Å²) in [6.45, 7) is 7.75. The highest BCUT2D eigenvalue weighted by Crippen LogP contribution is 2.35. The molecule has 0 spiro atoms. The van der Waals surface area contributed by atoms with Crippen molar-refractivity contribution in [3.05, 3.63) is 46.7 Å². The first kappa shape index (κ1) is 27.8. The van der Waals surface area contributed by atoms with Crippen LogP contribution in [0.4, 0.5) is 29.6 Å². The summed E-state index contributed by atoms with van der Waals surface area (Å²) in [6, 6.07) is 3.17. The molecule has 11 heteroatoms. The Hall–Kier alpha value is -2.75. The molecule has 1 amide bonds. The van der Waals surface area contributed by atoms with E-state index >= 15 is 0 Å². The first-order valence-corrected chi connectivity index (χ1v) is 12.5. The van der Waals surface area contributed by atoms with Gasteiger partial charge in [-0.15, -0.1) is 0 Å². The molecule has 36 heavy (non-hydrogen) atoms. The van der Waals surface area contributed by atoms with E-state index in [2.05, 4.69) is 9.97 Å². The molecular weight excluding hydrogens is 495 g/mol. The zero-order chi connectivity index (χ0) is 26.6. The topological polar surface area (TPSA) is 84.6 Å². The van der Waals surface area contributed by atoms with Crippen molar-refractivity contribution < 1.29 is 22.7 Å². The van der Waals surface area contributed by atoms with Gasteiger partial charge >= 0.3 is 12.3 Å². The summed E-state index contributed by atoms with van der Waals surface area (Å²) in [7, 11) is 0. The monoisotopic (exact) mass is 527 g/mol. The first-order valence-electron chi connectivity index (χ1n) is 12.1. The molecule has 3 atom stereocenters. The molecule has 0 radical (unpaired) electrons. The third-order valence-electron chi connectivity index (χ3n) is 6.36. The Bertz CT molecular complexity index is 1020. The summed E-state index contributed by atoms with van der Waals surface area (Å²) in [4.78, 5) is 25.4. The maximum atomic E-state index is 13.5. The summed E-state index contributed by atoms with van der Waals surface area (Å²) in [5, 5.41) is 0.00196. The molecule has 2 heterocycles. The molecule has 7 nitrogen and oxygen atoms in total. The van der Waals surface area contributed by atoms with Crippen LogP contribution in [0.1, 0.15) is 64.5 Å². The molecule has 0 bridgehead atoms. The van der Waals surface area contributed by atoms with Gasteiger partial charge in [-0.25, -0.2) is 14.8 Å². The highest BCUT2D eigenvalue weighted by Gasteiger charge is 2.41. The van der Waals surface area contributed by atoms with Crippen molar-refractivity contribution in [1.82, 2.24) is 14.9 Å². The first-order chi connectivity index (χ1) is 16.9. The second-order valence-corrected chi connectivity index (χ2v) is 9.82. The standard InChI is InChI=1S/C25H33ClF3N5O2/c1-5-20-10-22(11-21(6-2)34(20)24(35)36-15(3)4)33(23-31-12-19(30)13-32-23)14-16-7-17(25(27,28)29)9-18(26)8-16/h7-9,12-13,15,20-22H,5-6,10-11,14,30H2,1-4H3/t20-,21+,22?. The molecule has 2 N–H and O–H groups in total. The van der Waals surface area contributed by atoms with Crippen LogP contribution in [0.5, 0.6) is 0 Å². The Morgan fingerprint density at radius 2 is 1.75 bits per heavy atom. The molecule has 198 valence electrons. The van der Waals surface area contributed by atoms with E-state index in [1.807, 2.05) is 37.5 Å². The van der Waals surface area contributed by atoms with Gasteiger partial charge in [0.05, 0.1) is 29.7 Å². The van der Waals surface area contributed by atoms with Crippen molar-refractivity contribution in [2.75, 3.05) is 10.6 Å². The van der Waals surface area contributed by atoms with Crippen LogP contribution in [0.15, 0.2) is 30.6 Å². The quantitative estimate of drug-likeness (QED) is 0.454. The fourth-order valence-corrected chi connectivity index (χ4v) is 4.99. The highest BCUT2D eigenvalue weighted by molar-refractivity contribution is 6.30. The average molecular weight is 528 g/mol. The molecule has 0 aliphatic carbocycles. The van der Waals surface area contributed by atoms with Crippen molar-refractivity contribution in [1.29, 1.82) is 0 Å². The smallest absolute Gasteiger partial charge is 0.416 e. The van der Waals surface area contributed by atoms with E-state index in [0.29, 0.717) is 42.9 Å². The van der Waals surface area contributed by atoms with Gasteiger partial charge in [0.25, 0.3) is 0 Å². The number of aromatic nitrogens is 2. The molecular formula is C25H33ClF3N5O2. The lowest BCUT2D eigenvalue weighted by Gasteiger charge is -2.47. The number of alkyl halides is 3. The largest absolute Gasteiger partial charge is 0.447 e. The van der Waals surface area contributed by atoms with Crippen LogP contribution in [0, 0.1) is 0 Å². The predicted octanol–water partition coefficient (Wildman–Crippen LogP) is 6.30. The van der Waals surface area contributed by atoms with Crippen molar-refractivity contribution in [2.45, 2.75) is 90.3 Å². The number of carbonyl (C=O) groups is 1. The number of likely N-dealkylation sites (tertiary alicyclic amines) is 1. The van der Waals surface area contributed by atoms with Gasteiger partial charge in [0, 0.05) is 29.7 Å². The Kier molecular flexibility index (Phi) is 8.92. The number of hydrogen-bond donors (Lipinski definition) is 1. The summed E-state index contributed by atoms with van der Waals surface area (Å²) in [5.74, 6) is 0.352. The van der Waals surface area contributed by atoms with Gasteiger partial charge in [-0.3, -0.25) is 0 Å². The molecule has 1 fully saturated rings. The fourth-order valence-electron chi connectivity index (χ4n) is 4.74. The molecule has 2 aromatic rings. The molecule has 1 unspecified atom stereocenters. The maximum Gasteiger partial charge on any atom is 0.416 e. The number of rotatable bonds is 7. The number of halogens is 4. The average Bonchev–Trinajstić information content (AvgIpc) is 2.81. The van der Waals surface area contributed by atoms with E-state index in [1.54, 1.807) is 0 Å². The van der Waals surface area contributed by atoms with Gasteiger partial charge in [0.2, 0.25) is 5.95 Å². The summed E-state index contributed by atoms with van der Waals surface area (Å²) >= 11 is 6.05. The second kappa shape index (κ2) is 11.5. The third kappa shape index (κ3) is 6.72. The van der Waals surface area contributed by atoms with Crippen LogP contribution >= 0.6 is 11.6 Å². The van der Waals surface area contributed by atoms with Gasteiger partial charge in [-0.1, -0.05) is 25.4 Å². The molecule has 0 saturated carbocycles. The van der Waals surface area contributed by atoms with E-state index in [1.165, 1.54) is 18.5 Å². The zero-order valence-corrected chi connectivity index (χ0v) is 21.7. The number of ether oxygens (including phenoxy) is 1. The lowest BCUT2D eigenvalue weighted by atomic mass is 9.87. The third-order valence-corrected chi connectivity index (χ3v) is 6.58. The van der Waals surface area contributed by atoms with Crippen LogP contribution in [-0.4, -0.2) is 45.2 Å². The van der Waals surface area contributed by atoms with Crippen LogP contribution in [0.25, 0.3) is 0 Å². The minimum Gasteiger partial charge on any atom is -0.447 e. The van der Waals surface area contributed by atoms with Crippen LogP contribution in [0.3, 0.4) is 0 Å². The van der Waals surface area contributed by atoms with Crippen molar-refractivity contribution in [3.63, 3.8) is 0 Å². The zero-order valence-electron chi connectivity index (χ0n) is 20.9. The lowest BCUT2D eigenvalue weighted by Crippen LogP contribution is -2.57. The van der Waals surface area contributed by atoms with Crippen molar-refractivity contribution in [3.8, 4) is 0 Å². The maximum absolute atomic E-state index is 13.5. The normalized spacial score (nSPS) is 20.5. The van der Waals surface area contributed by atoms with Crippen LogP contribution < -0.4 is 10.6 Å². The fraction of sp³-hybridized carbons (Fsp3) is 0.560. The molecule has 1 aromatic heterocycles. The number of carbonyl (C=O) groups excluding carboxylic acids is 1. The van der Waals surface area contributed by atoms with Gasteiger partial charge in [-0.05, 0) is 63.3 Å². The minimum absolute atomic E-state index is 0.00196. The summed E-state index contributed by atoms with van der Waals surface area (Å²) < 4.78 is 45.9. The molecule has 1 aliphatic heterocycles. The van der Waals surface area contributed by atoms with Crippen LogP contribution in [-0.2, 0) is 17.5 Å². The van der Waals surface area contributed by atoms with Gasteiger partial charge in [0.15, 0.2) is 0 Å². The number of benzene rings is 1. The Morgan fingerprint density at radius 3 is 2.25 bits per heavy atom. The number of hydrogen-bond acceptors (Lipinski definition) is 6. The molecule has 1 aliphatic rings. The summed E-state index contributed by atoms with van der Waals surface area (Å²) in [6.07, 6.45) is 0.401. The lowest BCUT2D eigenvalue weighted by molar-refractivity contribution is -0.137. The van der Waals surface area contributed by atoms with E-state index in [-0.39, 0.29) is 41.9 Å². The number of nitrogens with two attached hydrogens (primary N) is 1. The Labute approximate surface area is 214 Å². The summed E-state index contributed by atoms with van der Waals surface area (Å²) in [5.41, 5.74) is 5.73. The predicted molar refractivity (Wildman–Crippen MR) is 134 cm³/mol. The van der Waals surface area contributed by atoms with Crippen molar-refractivity contribution >= 4 is 29.3 Å². The van der Waals surface area contributed by atoms with E-state index in [0.717, 1.165) is 12.1 Å². The van der Waals surface area contributed by atoms with Crippen molar-refractivity contribution in [2.24, 2.45) is 0 Å². The number of nitrogen functional groups attached to an aromatic ring is 1. The number of nitrogens with zero attached hydrogens (tertiary/aromatic N) is 4. The Balaban J connectivity index is 1.98. The number of amides is 1.